The van der Waals surface area contributed by atoms with Crippen molar-refractivity contribution in [3.8, 4) is 0 Å². The number of hydrogen-bond donors (Lipinski definition) is 2. The number of imidazole rings is 1. The lowest BCUT2D eigenvalue weighted by Gasteiger charge is -2.14. The van der Waals surface area contributed by atoms with E-state index in [4.69, 9.17) is 5.11 Å². The van der Waals surface area contributed by atoms with Gasteiger partial charge in [-0.2, -0.15) is 0 Å². The van der Waals surface area contributed by atoms with Crippen LogP contribution in [0.1, 0.15) is 42.1 Å². The minimum atomic E-state index is -0.997. The molecule has 122 valence electrons. The summed E-state index contributed by atoms with van der Waals surface area (Å²) in [5.74, 6) is -1.36. The topological polar surface area (TPSA) is 84.2 Å². The van der Waals surface area contributed by atoms with Gasteiger partial charge in [-0.15, -0.1) is 0 Å². The van der Waals surface area contributed by atoms with Crippen molar-refractivity contribution in [2.45, 2.75) is 38.8 Å². The second kappa shape index (κ2) is 8.12. The van der Waals surface area contributed by atoms with Gasteiger partial charge >= 0.3 is 5.97 Å². The van der Waals surface area contributed by atoms with E-state index >= 15 is 0 Å². The molecule has 1 amide bonds. The number of nitrogens with zero attached hydrogens (tertiary/aromatic N) is 2. The number of aliphatic carboxylic acids is 1. The lowest BCUT2D eigenvalue weighted by atomic mass is 10.1. The monoisotopic (exact) mass is 315 g/mol. The maximum absolute atomic E-state index is 12.2. The SMILES string of the molecule is CCCCC(NC(=O)c1ccc(Cn2ccnc2)cc1)C(=O)O. The maximum atomic E-state index is 12.2. The molecule has 1 unspecified atom stereocenters. The molecule has 0 aliphatic rings. The van der Waals surface area contributed by atoms with Gasteiger partial charge in [0.2, 0.25) is 0 Å². The van der Waals surface area contributed by atoms with Gasteiger partial charge in [0.25, 0.3) is 5.91 Å². The van der Waals surface area contributed by atoms with Crippen LogP contribution in [-0.4, -0.2) is 32.6 Å². The molecule has 0 saturated heterocycles. The van der Waals surface area contributed by atoms with E-state index < -0.39 is 12.0 Å². The van der Waals surface area contributed by atoms with Crippen LogP contribution in [-0.2, 0) is 11.3 Å². The van der Waals surface area contributed by atoms with Crippen LogP contribution in [0.5, 0.6) is 0 Å². The molecule has 1 heterocycles. The van der Waals surface area contributed by atoms with E-state index in [1.54, 1.807) is 24.7 Å². The molecule has 0 aliphatic heterocycles. The first-order valence-corrected chi connectivity index (χ1v) is 7.68. The molecule has 0 saturated carbocycles. The highest BCUT2D eigenvalue weighted by Crippen LogP contribution is 2.08. The Morgan fingerprint density at radius 1 is 1.30 bits per heavy atom. The van der Waals surface area contributed by atoms with Crippen LogP contribution >= 0.6 is 0 Å². The molecule has 6 heteroatoms. The molecular formula is C17H21N3O3. The third-order valence-electron chi connectivity index (χ3n) is 3.59. The van der Waals surface area contributed by atoms with E-state index in [-0.39, 0.29) is 5.91 Å². The highest BCUT2D eigenvalue weighted by molar-refractivity contribution is 5.96. The summed E-state index contributed by atoms with van der Waals surface area (Å²) in [7, 11) is 0. The fraction of sp³-hybridized carbons (Fsp3) is 0.353. The third-order valence-corrected chi connectivity index (χ3v) is 3.59. The third kappa shape index (κ3) is 4.95. The summed E-state index contributed by atoms with van der Waals surface area (Å²) in [6.45, 7) is 2.66. The van der Waals surface area contributed by atoms with Crippen LogP contribution in [0.3, 0.4) is 0 Å². The molecule has 1 aromatic heterocycles. The zero-order chi connectivity index (χ0) is 16.7. The van der Waals surface area contributed by atoms with E-state index in [1.807, 2.05) is 29.8 Å². The number of carboxylic acids is 1. The summed E-state index contributed by atoms with van der Waals surface area (Å²) < 4.78 is 1.93. The number of amides is 1. The van der Waals surface area contributed by atoms with Gasteiger partial charge in [-0.25, -0.2) is 9.78 Å². The molecule has 0 aliphatic carbocycles. The molecule has 2 aromatic rings. The van der Waals surface area contributed by atoms with Crippen molar-refractivity contribution in [2.75, 3.05) is 0 Å². The van der Waals surface area contributed by atoms with Gasteiger partial charge in [-0.05, 0) is 24.1 Å². The molecule has 2 rings (SSSR count). The Bertz CT molecular complexity index is 636. The zero-order valence-corrected chi connectivity index (χ0v) is 13.1. The number of hydrogen-bond acceptors (Lipinski definition) is 3. The van der Waals surface area contributed by atoms with Gasteiger partial charge in [0.15, 0.2) is 0 Å². The van der Waals surface area contributed by atoms with Crippen LogP contribution < -0.4 is 5.32 Å². The fourth-order valence-corrected chi connectivity index (χ4v) is 2.26. The first-order valence-electron chi connectivity index (χ1n) is 7.68. The first kappa shape index (κ1) is 16.7. The molecule has 23 heavy (non-hydrogen) atoms. The normalized spacial score (nSPS) is 11.9. The predicted molar refractivity (Wildman–Crippen MR) is 86.2 cm³/mol. The largest absolute Gasteiger partial charge is 0.480 e. The molecule has 2 N–H and O–H groups in total. The number of benzene rings is 1. The number of unbranched alkanes of at least 4 members (excludes halogenated alkanes) is 1. The summed E-state index contributed by atoms with van der Waals surface area (Å²) >= 11 is 0. The highest BCUT2D eigenvalue weighted by atomic mass is 16.4. The van der Waals surface area contributed by atoms with Crippen molar-refractivity contribution in [2.24, 2.45) is 0 Å². The molecule has 1 atom stereocenters. The minimum Gasteiger partial charge on any atom is -0.480 e. The van der Waals surface area contributed by atoms with E-state index in [2.05, 4.69) is 10.3 Å². The molecule has 0 fully saturated rings. The average Bonchev–Trinajstić information content (AvgIpc) is 3.04. The van der Waals surface area contributed by atoms with Crippen LogP contribution in [0, 0.1) is 0 Å². The van der Waals surface area contributed by atoms with Crippen LogP contribution in [0.4, 0.5) is 0 Å². The predicted octanol–water partition coefficient (Wildman–Crippen LogP) is 2.30. The van der Waals surface area contributed by atoms with Crippen molar-refractivity contribution in [1.82, 2.24) is 14.9 Å². The van der Waals surface area contributed by atoms with Gasteiger partial charge in [-0.1, -0.05) is 31.9 Å². The second-order valence-electron chi connectivity index (χ2n) is 5.44. The van der Waals surface area contributed by atoms with Crippen molar-refractivity contribution in [3.05, 3.63) is 54.1 Å². The number of carbonyl (C=O) groups is 2. The highest BCUT2D eigenvalue weighted by Gasteiger charge is 2.19. The van der Waals surface area contributed by atoms with Crippen molar-refractivity contribution < 1.29 is 14.7 Å². The quantitative estimate of drug-likeness (QED) is 0.783. The molecule has 0 spiro atoms. The molecular weight excluding hydrogens is 294 g/mol. The van der Waals surface area contributed by atoms with Gasteiger partial charge in [0.1, 0.15) is 6.04 Å². The van der Waals surface area contributed by atoms with E-state index in [0.717, 1.165) is 18.4 Å². The van der Waals surface area contributed by atoms with Gasteiger partial charge in [0.05, 0.1) is 6.33 Å². The molecule has 0 bridgehead atoms. The Labute approximate surface area is 135 Å². The van der Waals surface area contributed by atoms with E-state index in [0.29, 0.717) is 18.5 Å². The van der Waals surface area contributed by atoms with E-state index in [1.165, 1.54) is 0 Å². The Morgan fingerprint density at radius 3 is 2.61 bits per heavy atom. The molecule has 6 nitrogen and oxygen atoms in total. The Hall–Kier alpha value is -2.63. The summed E-state index contributed by atoms with van der Waals surface area (Å²) in [6, 6.07) is 6.29. The Kier molecular flexibility index (Phi) is 5.91. The number of nitrogens with one attached hydrogen (secondary N) is 1. The second-order valence-corrected chi connectivity index (χ2v) is 5.44. The summed E-state index contributed by atoms with van der Waals surface area (Å²) in [6.07, 6.45) is 7.40. The molecule has 1 aromatic carbocycles. The van der Waals surface area contributed by atoms with Gasteiger partial charge in [-0.3, -0.25) is 4.79 Å². The number of carbonyl (C=O) groups excluding carboxylic acids is 1. The summed E-state index contributed by atoms with van der Waals surface area (Å²) in [5, 5.41) is 11.7. The lowest BCUT2D eigenvalue weighted by molar-refractivity contribution is -0.139. The number of aromatic nitrogens is 2. The van der Waals surface area contributed by atoms with Gasteiger partial charge < -0.3 is 15.0 Å². The van der Waals surface area contributed by atoms with Crippen LogP contribution in [0.15, 0.2) is 43.0 Å². The summed E-state index contributed by atoms with van der Waals surface area (Å²) in [4.78, 5) is 27.3. The minimum absolute atomic E-state index is 0.359. The first-order chi connectivity index (χ1) is 11.1. The van der Waals surface area contributed by atoms with Crippen molar-refractivity contribution >= 4 is 11.9 Å². The maximum Gasteiger partial charge on any atom is 0.326 e. The van der Waals surface area contributed by atoms with E-state index in [9.17, 15) is 9.59 Å². The number of carboxylic acid groups (broad SMARTS) is 1. The average molecular weight is 315 g/mol. The molecule has 0 radical (unpaired) electrons. The zero-order valence-electron chi connectivity index (χ0n) is 13.1. The van der Waals surface area contributed by atoms with Crippen LogP contribution in [0.2, 0.25) is 0 Å². The number of rotatable bonds is 8. The van der Waals surface area contributed by atoms with Crippen LogP contribution in [0.25, 0.3) is 0 Å². The standard InChI is InChI=1S/C17H21N3O3/c1-2-3-4-15(17(22)23)19-16(21)14-7-5-13(6-8-14)11-20-10-9-18-12-20/h5-10,12,15H,2-4,11H2,1H3,(H,19,21)(H,22,23). The smallest absolute Gasteiger partial charge is 0.326 e. The van der Waals surface area contributed by atoms with Gasteiger partial charge in [0, 0.05) is 24.5 Å². The van der Waals surface area contributed by atoms with Crippen molar-refractivity contribution in [3.63, 3.8) is 0 Å². The van der Waals surface area contributed by atoms with Crippen molar-refractivity contribution in [1.29, 1.82) is 0 Å². The summed E-state index contributed by atoms with van der Waals surface area (Å²) in [5.41, 5.74) is 1.50. The lowest BCUT2D eigenvalue weighted by Crippen LogP contribution is -2.40. The Morgan fingerprint density at radius 2 is 2.04 bits per heavy atom. The fourth-order valence-electron chi connectivity index (χ4n) is 2.26. The Balaban J connectivity index is 1.97.